The van der Waals surface area contributed by atoms with E-state index in [1.165, 1.54) is 43.0 Å². The highest BCUT2D eigenvalue weighted by atomic mass is 16.4. The molecule has 32 nitrogen and oxygen atoms in total. The molecule has 1 aliphatic rings. The smallest absolute Gasteiger partial charge is 0.322 e. The van der Waals surface area contributed by atoms with E-state index >= 15 is 4.79 Å². The Morgan fingerprint density at radius 1 is 0.490 bits per heavy atom. The zero-order chi connectivity index (χ0) is 76.3. The molecule has 13 amide bonds. The molecule has 0 aliphatic carbocycles. The average Bonchev–Trinajstić information content (AvgIpc) is 1.58. The third-order valence-electron chi connectivity index (χ3n) is 17.2. The van der Waals surface area contributed by atoms with Crippen LogP contribution in [0.4, 0.5) is 0 Å². The maximum absolute atomic E-state index is 15.2. The van der Waals surface area contributed by atoms with Gasteiger partial charge in [-0.15, -0.1) is 0 Å². The number of phenolic OH excluding ortho intramolecular Hbond substituents is 1. The molecule has 32 heteroatoms. The Morgan fingerprint density at radius 2 is 0.952 bits per heavy atom. The monoisotopic (exact) mass is 1440 g/mol. The number of carbonyl (C=O) groups is 14. The molecule has 1 heterocycles. The van der Waals surface area contributed by atoms with E-state index in [-0.39, 0.29) is 50.8 Å². The van der Waals surface area contributed by atoms with Crippen molar-refractivity contribution < 1.29 is 87.5 Å². The van der Waals surface area contributed by atoms with Gasteiger partial charge in [-0.25, -0.2) is 0 Å². The lowest BCUT2D eigenvalue weighted by atomic mass is 9.97. The first-order valence-electron chi connectivity index (χ1n) is 33.9. The number of hydrogen-bond donors (Lipinski definition) is 17. The van der Waals surface area contributed by atoms with E-state index in [2.05, 4.69) is 53.2 Å². The zero-order valence-corrected chi connectivity index (χ0v) is 58.0. The molecule has 12 atom stereocenters. The molecule has 5 aromatic rings. The number of carboxylic acids is 1. The lowest BCUT2D eigenvalue weighted by molar-refractivity contribution is -0.142. The van der Waals surface area contributed by atoms with Crippen LogP contribution in [-0.4, -0.2) is 200 Å². The summed E-state index contributed by atoms with van der Waals surface area (Å²) < 4.78 is 0. The molecule has 1 aliphatic heterocycles. The van der Waals surface area contributed by atoms with Crippen molar-refractivity contribution in [1.29, 1.82) is 0 Å². The number of aliphatic carboxylic acids is 1. The second kappa shape index (κ2) is 39.7. The summed E-state index contributed by atoms with van der Waals surface area (Å²) in [5.74, 6) is -14.2. The van der Waals surface area contributed by atoms with Crippen LogP contribution in [0.5, 0.6) is 5.75 Å². The summed E-state index contributed by atoms with van der Waals surface area (Å²) >= 11 is 0. The Morgan fingerprint density at radius 3 is 1.51 bits per heavy atom. The maximum Gasteiger partial charge on any atom is 0.322 e. The van der Waals surface area contributed by atoms with Crippen molar-refractivity contribution in [2.24, 2.45) is 23.1 Å². The van der Waals surface area contributed by atoms with Gasteiger partial charge in [0.15, 0.2) is 0 Å². The summed E-state index contributed by atoms with van der Waals surface area (Å²) in [6.45, 7) is 4.02. The van der Waals surface area contributed by atoms with Crippen LogP contribution in [0.15, 0.2) is 127 Å². The van der Waals surface area contributed by atoms with Crippen molar-refractivity contribution in [3.63, 3.8) is 0 Å². The molecule has 1 fully saturated rings. The molecule has 0 radical (unpaired) electrons. The van der Waals surface area contributed by atoms with E-state index in [0.29, 0.717) is 27.6 Å². The number of rotatable bonds is 39. The van der Waals surface area contributed by atoms with Crippen LogP contribution in [0.3, 0.4) is 0 Å². The quantitative estimate of drug-likeness (QED) is 0.0190. The van der Waals surface area contributed by atoms with E-state index in [1.807, 2.05) is 12.1 Å². The lowest BCUT2D eigenvalue weighted by Gasteiger charge is -2.31. The number of likely N-dealkylation sites (tertiary alicyclic amines) is 1. The van der Waals surface area contributed by atoms with Crippen molar-refractivity contribution >= 4 is 93.5 Å². The van der Waals surface area contributed by atoms with Gasteiger partial charge >= 0.3 is 5.97 Å². The lowest BCUT2D eigenvalue weighted by Crippen LogP contribution is -2.62. The minimum absolute atomic E-state index is 0.0391. The Hall–Kier alpha value is -11.4. The Labute approximate surface area is 599 Å². The van der Waals surface area contributed by atoms with Gasteiger partial charge in [0.1, 0.15) is 78.8 Å². The van der Waals surface area contributed by atoms with E-state index in [1.54, 1.807) is 105 Å². The Bertz CT molecular complexity index is 3860. The number of amides is 13. The van der Waals surface area contributed by atoms with Gasteiger partial charge in [0.2, 0.25) is 76.8 Å². The minimum atomic E-state index is -1.77. The molecule has 6 rings (SSSR count). The fraction of sp³-hybridized carbons (Fsp3) is 0.417. The van der Waals surface area contributed by atoms with Crippen LogP contribution in [0, 0.1) is 5.92 Å². The minimum Gasteiger partial charge on any atom is -0.508 e. The molecule has 0 saturated carbocycles. The maximum atomic E-state index is 15.2. The van der Waals surface area contributed by atoms with Crippen LogP contribution in [0.1, 0.15) is 88.5 Å². The van der Waals surface area contributed by atoms with Gasteiger partial charge in [0.05, 0.1) is 12.7 Å². The van der Waals surface area contributed by atoms with Crippen LogP contribution < -0.4 is 70.4 Å². The number of primary amides is 2. The highest BCUT2D eigenvalue weighted by molar-refractivity contribution is 6.00. The first kappa shape index (κ1) is 81.6. The molecule has 0 aromatic heterocycles. The van der Waals surface area contributed by atoms with E-state index in [4.69, 9.17) is 17.2 Å². The summed E-state index contributed by atoms with van der Waals surface area (Å²) in [6.07, 6.45) is -3.94. The number of nitrogens with zero attached hydrogens (tertiary/aromatic N) is 1. The molecule has 0 bridgehead atoms. The summed E-state index contributed by atoms with van der Waals surface area (Å²) in [5, 5.41) is 66.6. The molecular formula is C72H92N14O18. The third kappa shape index (κ3) is 25.0. The zero-order valence-electron chi connectivity index (χ0n) is 58.0. The van der Waals surface area contributed by atoms with Gasteiger partial charge < -0.3 is 95.7 Å². The molecular weight excluding hydrogens is 1350 g/mol. The standard InChI is InChI=1S/C72H92N14O18/c1-39(2)60(84-63(95)49(73)38-87)70(102)79-51(29-31-58(75)91)65(97)80-53(34-44-24-26-47(89)27-25-44)67(99)77-40(3)62(94)78-50(28-30-57(74)90)66(98)83-55(35-43-17-9-6-10-18-43)72(104)86-32-14-23-56(86)69(101)81-54(36-46-21-13-20-45-19-11-12-22-48(45)46)68(100)85-61(41(4)88)71(103)82-52(64(96)76-37-59(92)93)33-42-15-7-5-8-16-42/h5-13,15-22,24-27,39-41,49-56,60-61,87-89H,14,23,28-38,73H2,1-4H3,(H2,74,90)(H2,75,91)(H,76,96)(H,77,99)(H,78,94)(H,79,102)(H,80,97)(H,81,101)(H,82,103)(H,83,98)(H,84,95)(H,85,100)(H,92,93)/t40-,41+,49-,50-,51-,52-,53-,54-,55-,56-,60-,61-/m0/s1. The molecule has 20 N–H and O–H groups in total. The summed E-state index contributed by atoms with van der Waals surface area (Å²) in [7, 11) is 0. The molecule has 0 spiro atoms. The normalized spacial score (nSPS) is 15.8. The van der Waals surface area contributed by atoms with Crippen molar-refractivity contribution in [2.45, 2.75) is 164 Å². The Kier molecular flexibility index (Phi) is 31.2. The first-order chi connectivity index (χ1) is 49.4. The van der Waals surface area contributed by atoms with Crippen LogP contribution in [0.25, 0.3) is 10.8 Å². The second-order valence-corrected chi connectivity index (χ2v) is 25.7. The fourth-order valence-electron chi connectivity index (χ4n) is 11.5. The second-order valence-electron chi connectivity index (χ2n) is 25.7. The van der Waals surface area contributed by atoms with E-state index in [9.17, 15) is 82.8 Å². The number of nitrogens with two attached hydrogens (primary N) is 3. The number of nitrogens with one attached hydrogen (secondary N) is 10. The van der Waals surface area contributed by atoms with Crippen molar-refractivity contribution in [1.82, 2.24) is 58.1 Å². The van der Waals surface area contributed by atoms with Crippen LogP contribution in [-0.2, 0) is 92.8 Å². The number of aromatic hydroxyl groups is 1. The number of carboxylic acid groups (broad SMARTS) is 1. The van der Waals surface area contributed by atoms with Gasteiger partial charge in [-0.05, 0) is 90.6 Å². The number of aliphatic hydroxyl groups excluding tert-OH is 2. The Balaban J connectivity index is 1.24. The van der Waals surface area contributed by atoms with Crippen LogP contribution in [0.2, 0.25) is 0 Å². The van der Waals surface area contributed by atoms with E-state index in [0.717, 1.165) is 5.39 Å². The van der Waals surface area contributed by atoms with Crippen molar-refractivity contribution in [2.75, 3.05) is 19.7 Å². The summed E-state index contributed by atoms with van der Waals surface area (Å²) in [5.41, 5.74) is 18.7. The van der Waals surface area contributed by atoms with Crippen LogP contribution >= 0.6 is 0 Å². The molecule has 558 valence electrons. The first-order valence-corrected chi connectivity index (χ1v) is 33.9. The highest BCUT2D eigenvalue weighted by Crippen LogP contribution is 2.24. The van der Waals surface area contributed by atoms with Crippen molar-refractivity contribution in [3.8, 4) is 5.75 Å². The van der Waals surface area contributed by atoms with Gasteiger partial charge in [0, 0.05) is 45.1 Å². The number of hydrogen-bond acceptors (Lipinski definition) is 18. The summed E-state index contributed by atoms with van der Waals surface area (Å²) in [4.78, 5) is 193. The van der Waals surface area contributed by atoms with Gasteiger partial charge in [0.25, 0.3) is 0 Å². The molecule has 104 heavy (non-hydrogen) atoms. The predicted octanol–water partition coefficient (Wildman–Crippen LogP) is -2.72. The number of phenols is 1. The topological polar surface area (TPSA) is 521 Å². The molecule has 0 unspecified atom stereocenters. The average molecular weight is 1440 g/mol. The number of benzene rings is 5. The number of fused-ring (bicyclic) bond motifs is 1. The molecule has 1 saturated heterocycles. The fourth-order valence-corrected chi connectivity index (χ4v) is 11.5. The summed E-state index contributed by atoms with van der Waals surface area (Å²) in [6, 6.07) is 18.3. The molecule has 5 aromatic carbocycles. The third-order valence-corrected chi connectivity index (χ3v) is 17.2. The number of aliphatic hydroxyl groups is 2. The van der Waals surface area contributed by atoms with Gasteiger partial charge in [-0.1, -0.05) is 129 Å². The SMILES string of the molecule is CC(C)[C@H](NC(=O)[C@@H](N)CO)C(=O)N[C@@H](CCC(N)=O)C(=O)N[C@@H](Cc1ccc(O)cc1)C(=O)N[C@@H](C)C(=O)N[C@@H](CCC(N)=O)C(=O)N[C@@H](Cc1ccccc1)C(=O)N1CCC[C@H]1C(=O)N[C@@H](Cc1cccc2ccccc12)C(=O)N[C@H](C(=O)N[C@@H](Cc1ccccc1)C(=O)NCC(=O)O)[C@@H](C)O. The van der Waals surface area contributed by atoms with Crippen molar-refractivity contribution in [3.05, 3.63) is 150 Å². The largest absolute Gasteiger partial charge is 0.508 e. The highest BCUT2D eigenvalue weighted by Gasteiger charge is 2.42. The van der Waals surface area contributed by atoms with E-state index < -0.39 is 200 Å². The number of carbonyl (C=O) groups excluding carboxylic acids is 13. The predicted molar refractivity (Wildman–Crippen MR) is 377 cm³/mol. The van der Waals surface area contributed by atoms with Gasteiger partial charge in [-0.2, -0.15) is 0 Å². The van der Waals surface area contributed by atoms with Gasteiger partial charge in [-0.3, -0.25) is 67.1 Å².